The number of carbonyl (C=O) groups excluding carboxylic acids is 1. The second-order valence-electron chi connectivity index (χ2n) is 14.5. The van der Waals surface area contributed by atoms with Gasteiger partial charge in [-0.2, -0.15) is 15.1 Å². The van der Waals surface area contributed by atoms with Gasteiger partial charge in [-0.25, -0.2) is 18.0 Å². The predicted molar refractivity (Wildman–Crippen MR) is 188 cm³/mol. The molecule has 268 valence electrons. The number of methoxy groups -OCH3 is 1. The van der Waals surface area contributed by atoms with Crippen molar-refractivity contribution in [2.24, 2.45) is 7.05 Å². The number of rotatable bonds is 5. The van der Waals surface area contributed by atoms with E-state index in [1.165, 1.54) is 31.4 Å². The maximum absolute atomic E-state index is 17.6. The lowest BCUT2D eigenvalue weighted by Gasteiger charge is -2.41. The molecule has 0 radical (unpaired) electrons. The van der Waals surface area contributed by atoms with Crippen LogP contribution in [0.5, 0.6) is 11.8 Å². The summed E-state index contributed by atoms with van der Waals surface area (Å²) in [7, 11) is 3.08. The fraction of sp³-hybridized carbons (Fsp3) is 0.421. The van der Waals surface area contributed by atoms with Gasteiger partial charge < -0.3 is 19.5 Å². The number of hydrogen-bond acceptors (Lipinski definition) is 9. The van der Waals surface area contributed by atoms with Crippen molar-refractivity contribution >= 4 is 44.5 Å². The molecule has 0 saturated carbocycles. The highest BCUT2D eigenvalue weighted by Gasteiger charge is 2.50. The number of aromatic nitrogens is 4. The van der Waals surface area contributed by atoms with Crippen molar-refractivity contribution in [1.29, 1.82) is 0 Å². The lowest BCUT2D eigenvalue weighted by molar-refractivity contribution is 0.0960. The molecule has 2 bridgehead atoms. The molecule has 2 aromatic heterocycles. The topological polar surface area (TPSA) is 109 Å². The molecule has 11 nitrogen and oxygen atoms in total. The van der Waals surface area contributed by atoms with Crippen molar-refractivity contribution in [3.05, 3.63) is 47.7 Å². The number of nitrogens with zero attached hydrogens (tertiary/aromatic N) is 7. The van der Waals surface area contributed by atoms with Crippen molar-refractivity contribution in [2.75, 3.05) is 44.8 Å². The van der Waals surface area contributed by atoms with Gasteiger partial charge in [0.05, 0.1) is 35.7 Å². The predicted octanol–water partition coefficient (Wildman–Crippen LogP) is 5.68. The number of phenolic OH excluding ortho intramolecular Hbond substituents is 1. The summed E-state index contributed by atoms with van der Waals surface area (Å²) in [5, 5.41) is 17.1. The summed E-state index contributed by atoms with van der Waals surface area (Å²) in [6.07, 6.45) is 9.74. The van der Waals surface area contributed by atoms with E-state index >= 15 is 8.78 Å². The summed E-state index contributed by atoms with van der Waals surface area (Å²) < 4.78 is 60.5. The molecule has 0 aliphatic carbocycles. The standard InChI is InChI=1S/C38H36F3N7O4/c1-4-25-28(40)9-6-20-12-24(49)13-26(29(20)25)30-32(41)34-31(27-18-45(2)44-33(27)30)35(46-16-22-7-8-23(17-46)48(22)37(50)51-3)43-36(42-34)52-19-38-10-5-11-47(38)15-21(39)14-38/h1,6,9,12-13,18,21-23,49H,5,7-8,10-11,14-17,19H2,2-3H3/t21-,22?,23?,38+/m1/s1. The zero-order chi connectivity index (χ0) is 36.1. The van der Waals surface area contributed by atoms with Gasteiger partial charge >= 0.3 is 12.1 Å². The van der Waals surface area contributed by atoms with E-state index in [1.54, 1.807) is 22.8 Å². The smallest absolute Gasteiger partial charge is 0.410 e. The number of halogens is 3. The number of ether oxygens (including phenoxy) is 2. The summed E-state index contributed by atoms with van der Waals surface area (Å²) in [5.74, 6) is 1.21. The largest absolute Gasteiger partial charge is 0.508 e. The summed E-state index contributed by atoms with van der Waals surface area (Å²) in [6, 6.07) is 5.10. The molecule has 1 amide bonds. The van der Waals surface area contributed by atoms with Crippen LogP contribution in [-0.2, 0) is 11.8 Å². The van der Waals surface area contributed by atoms with Crippen LogP contribution in [0.25, 0.3) is 43.7 Å². The minimum atomic E-state index is -0.965. The molecule has 14 heteroatoms. The third-order valence-electron chi connectivity index (χ3n) is 11.5. The zero-order valence-electron chi connectivity index (χ0n) is 28.7. The molecule has 4 aliphatic heterocycles. The number of amides is 1. The van der Waals surface area contributed by atoms with E-state index in [1.807, 2.05) is 4.90 Å². The average molecular weight is 712 g/mol. The van der Waals surface area contributed by atoms with Crippen molar-refractivity contribution in [3.63, 3.8) is 0 Å². The number of benzene rings is 3. The summed E-state index contributed by atoms with van der Waals surface area (Å²) in [5.41, 5.74) is -0.278. The number of hydrogen-bond donors (Lipinski definition) is 1. The third-order valence-corrected chi connectivity index (χ3v) is 11.5. The minimum Gasteiger partial charge on any atom is -0.508 e. The molecule has 4 saturated heterocycles. The van der Waals surface area contributed by atoms with Crippen molar-refractivity contribution < 1.29 is 32.5 Å². The average Bonchev–Trinajstić information content (AvgIpc) is 3.85. The van der Waals surface area contributed by atoms with E-state index < -0.39 is 29.4 Å². The lowest BCUT2D eigenvalue weighted by Crippen LogP contribution is -2.56. The van der Waals surface area contributed by atoms with E-state index in [0.29, 0.717) is 48.0 Å². The first-order valence-corrected chi connectivity index (χ1v) is 17.5. The van der Waals surface area contributed by atoms with Gasteiger partial charge in [0, 0.05) is 55.6 Å². The van der Waals surface area contributed by atoms with Gasteiger partial charge in [0.2, 0.25) is 0 Å². The van der Waals surface area contributed by atoms with Crippen LogP contribution in [0.3, 0.4) is 0 Å². The number of aryl methyl sites for hydroxylation is 1. The highest BCUT2D eigenvalue weighted by molar-refractivity contribution is 6.18. The second kappa shape index (κ2) is 11.9. The Morgan fingerprint density at radius 2 is 1.90 bits per heavy atom. The van der Waals surface area contributed by atoms with Crippen LogP contribution in [0, 0.1) is 24.0 Å². The molecular formula is C38H36F3N7O4. The maximum Gasteiger partial charge on any atom is 0.410 e. The molecule has 9 rings (SSSR count). The Morgan fingerprint density at radius 3 is 2.65 bits per heavy atom. The normalized spacial score (nSPS) is 24.3. The van der Waals surface area contributed by atoms with E-state index in [4.69, 9.17) is 25.9 Å². The molecule has 2 unspecified atom stereocenters. The fourth-order valence-corrected chi connectivity index (χ4v) is 9.34. The van der Waals surface area contributed by atoms with Gasteiger partial charge in [-0.1, -0.05) is 12.0 Å². The Kier molecular flexibility index (Phi) is 7.45. The third kappa shape index (κ3) is 4.85. The van der Waals surface area contributed by atoms with Gasteiger partial charge in [-0.05, 0) is 61.4 Å². The number of aromatic hydroxyl groups is 1. The monoisotopic (exact) mass is 711 g/mol. The van der Waals surface area contributed by atoms with Gasteiger partial charge in [0.1, 0.15) is 41.2 Å². The number of piperazine rings is 1. The first-order chi connectivity index (χ1) is 25.1. The van der Waals surface area contributed by atoms with Crippen LogP contribution in [0.1, 0.15) is 37.7 Å². The first kappa shape index (κ1) is 32.6. The summed E-state index contributed by atoms with van der Waals surface area (Å²) in [6.45, 7) is 2.06. The number of phenols is 1. The Balaban J connectivity index is 1.27. The number of carbonyl (C=O) groups is 1. The summed E-state index contributed by atoms with van der Waals surface area (Å²) in [4.78, 5) is 28.3. The quantitative estimate of drug-likeness (QED) is 0.231. The lowest BCUT2D eigenvalue weighted by atomic mass is 9.91. The molecular weight excluding hydrogens is 675 g/mol. The minimum absolute atomic E-state index is 0.0195. The van der Waals surface area contributed by atoms with Crippen molar-refractivity contribution in [3.8, 4) is 35.2 Å². The number of anilines is 1. The Bertz CT molecular complexity index is 2350. The first-order valence-electron chi connectivity index (χ1n) is 17.5. The number of terminal acetylenes is 1. The van der Waals surface area contributed by atoms with Gasteiger partial charge in [-0.15, -0.1) is 6.42 Å². The molecule has 5 aromatic rings. The van der Waals surface area contributed by atoms with Crippen molar-refractivity contribution in [2.45, 2.75) is 55.9 Å². The van der Waals surface area contributed by atoms with E-state index in [9.17, 15) is 14.3 Å². The molecule has 1 N–H and O–H groups in total. The second-order valence-corrected chi connectivity index (χ2v) is 14.5. The highest BCUT2D eigenvalue weighted by atomic mass is 19.1. The van der Waals surface area contributed by atoms with Crippen LogP contribution < -0.4 is 9.64 Å². The van der Waals surface area contributed by atoms with E-state index in [0.717, 1.165) is 32.2 Å². The fourth-order valence-electron chi connectivity index (χ4n) is 9.34. The molecule has 3 aromatic carbocycles. The Hall–Kier alpha value is -5.29. The molecule has 52 heavy (non-hydrogen) atoms. The molecule has 0 spiro atoms. The van der Waals surface area contributed by atoms with Crippen LogP contribution in [0.2, 0.25) is 0 Å². The van der Waals surface area contributed by atoms with Gasteiger partial charge in [0.25, 0.3) is 0 Å². The van der Waals surface area contributed by atoms with E-state index in [-0.39, 0.29) is 63.6 Å². The van der Waals surface area contributed by atoms with E-state index in [2.05, 4.69) is 15.9 Å². The summed E-state index contributed by atoms with van der Waals surface area (Å²) >= 11 is 0. The van der Waals surface area contributed by atoms with Crippen LogP contribution in [0.15, 0.2) is 30.5 Å². The molecule has 4 atom stereocenters. The van der Waals surface area contributed by atoms with Crippen molar-refractivity contribution in [1.82, 2.24) is 29.5 Å². The Morgan fingerprint density at radius 1 is 1.12 bits per heavy atom. The SMILES string of the molecule is C#Cc1c(F)ccc2cc(O)cc(-c3c(F)c4nc(OC[C@@]56CCCN5C[C@H](F)C6)nc(N5CC6CCC(C5)N6C(=O)OC)c4c4cn(C)nc34)c12. The number of fused-ring (bicyclic) bond motifs is 7. The molecule has 4 aliphatic rings. The zero-order valence-corrected chi connectivity index (χ0v) is 28.7. The molecule has 4 fully saturated rings. The van der Waals surface area contributed by atoms with Gasteiger partial charge in [-0.3, -0.25) is 14.5 Å². The van der Waals surface area contributed by atoms with Crippen LogP contribution >= 0.6 is 0 Å². The number of alkyl halides is 1. The maximum atomic E-state index is 17.6. The van der Waals surface area contributed by atoms with Crippen LogP contribution in [0.4, 0.5) is 23.8 Å². The van der Waals surface area contributed by atoms with Gasteiger partial charge in [0.15, 0.2) is 5.82 Å². The molecule has 6 heterocycles. The Labute approximate surface area is 296 Å². The highest BCUT2D eigenvalue weighted by Crippen LogP contribution is 2.46. The van der Waals surface area contributed by atoms with Crippen LogP contribution in [-0.4, -0.2) is 104 Å².